The molecule has 4 heteroatoms. The van der Waals surface area contributed by atoms with Crippen molar-refractivity contribution < 1.29 is 4.39 Å². The van der Waals surface area contributed by atoms with Crippen LogP contribution in [0.5, 0.6) is 0 Å². The molecule has 1 N–H and O–H groups in total. The highest BCUT2D eigenvalue weighted by molar-refractivity contribution is 9.10. The molecule has 20 heavy (non-hydrogen) atoms. The quantitative estimate of drug-likeness (QED) is 0.773. The van der Waals surface area contributed by atoms with Gasteiger partial charge in [-0.25, -0.2) is 4.39 Å². The van der Waals surface area contributed by atoms with E-state index in [0.717, 1.165) is 16.5 Å². The topological polar surface area (TPSA) is 12.0 Å². The van der Waals surface area contributed by atoms with Crippen molar-refractivity contribution in [2.24, 2.45) is 0 Å². The third kappa shape index (κ3) is 3.62. The monoisotopic (exact) mass is 353 g/mol. The number of thioether (sulfide) groups is 1. The van der Waals surface area contributed by atoms with E-state index in [-0.39, 0.29) is 11.9 Å². The summed E-state index contributed by atoms with van der Waals surface area (Å²) in [5, 5.41) is 3.36. The largest absolute Gasteiger partial charge is 0.313 e. The standard InChI is InChI=1S/C16H17BrFNS/c1-19-15(13-5-3-4-6-16(13)20-2)9-11-7-8-12(18)10-14(11)17/h3-8,10,15,19H,9H2,1-2H3. The normalized spacial score (nSPS) is 12.4. The minimum atomic E-state index is -0.217. The molecule has 0 aliphatic rings. The Morgan fingerprint density at radius 1 is 1.25 bits per heavy atom. The van der Waals surface area contributed by atoms with E-state index in [2.05, 4.69) is 51.8 Å². The molecule has 0 heterocycles. The molecule has 2 aromatic carbocycles. The molecule has 1 nitrogen and oxygen atoms in total. The molecule has 0 aliphatic heterocycles. The Morgan fingerprint density at radius 3 is 2.65 bits per heavy atom. The number of hydrogen-bond acceptors (Lipinski definition) is 2. The van der Waals surface area contributed by atoms with Gasteiger partial charge in [0.25, 0.3) is 0 Å². The van der Waals surface area contributed by atoms with Crippen LogP contribution in [0.3, 0.4) is 0 Å². The van der Waals surface area contributed by atoms with Crippen molar-refractivity contribution in [2.45, 2.75) is 17.4 Å². The number of rotatable bonds is 5. The third-order valence-electron chi connectivity index (χ3n) is 3.30. The van der Waals surface area contributed by atoms with Gasteiger partial charge in [-0.3, -0.25) is 0 Å². The maximum absolute atomic E-state index is 13.2. The van der Waals surface area contributed by atoms with Crippen LogP contribution in [0.4, 0.5) is 4.39 Å². The lowest BCUT2D eigenvalue weighted by molar-refractivity contribution is 0.579. The van der Waals surface area contributed by atoms with Gasteiger partial charge in [0.2, 0.25) is 0 Å². The zero-order valence-corrected chi connectivity index (χ0v) is 13.9. The second-order valence-electron chi connectivity index (χ2n) is 4.52. The van der Waals surface area contributed by atoms with E-state index < -0.39 is 0 Å². The molecule has 0 bridgehead atoms. The fourth-order valence-electron chi connectivity index (χ4n) is 2.23. The first-order valence-corrected chi connectivity index (χ1v) is 8.41. The van der Waals surface area contributed by atoms with Crippen LogP contribution in [-0.2, 0) is 6.42 Å². The van der Waals surface area contributed by atoms with E-state index in [1.54, 1.807) is 11.8 Å². The number of likely N-dealkylation sites (N-methyl/N-ethyl adjacent to an activating group) is 1. The summed E-state index contributed by atoms with van der Waals surface area (Å²) in [4.78, 5) is 1.27. The van der Waals surface area contributed by atoms with E-state index in [9.17, 15) is 4.39 Å². The summed E-state index contributed by atoms with van der Waals surface area (Å²) in [7, 11) is 1.96. The van der Waals surface area contributed by atoms with Crippen molar-refractivity contribution >= 4 is 27.7 Å². The first-order chi connectivity index (χ1) is 9.65. The lowest BCUT2D eigenvalue weighted by atomic mass is 9.99. The van der Waals surface area contributed by atoms with Crippen LogP contribution in [0, 0.1) is 5.82 Å². The van der Waals surface area contributed by atoms with Crippen LogP contribution >= 0.6 is 27.7 Å². The molecule has 0 saturated carbocycles. The van der Waals surface area contributed by atoms with Gasteiger partial charge in [-0.15, -0.1) is 11.8 Å². The Kier molecular flexibility index (Phi) is 5.64. The average Bonchev–Trinajstić information content (AvgIpc) is 2.46. The van der Waals surface area contributed by atoms with Crippen molar-refractivity contribution in [1.82, 2.24) is 5.32 Å². The van der Waals surface area contributed by atoms with Gasteiger partial charge in [0, 0.05) is 15.4 Å². The van der Waals surface area contributed by atoms with Crippen LogP contribution in [0.25, 0.3) is 0 Å². The Balaban J connectivity index is 2.29. The second-order valence-corrected chi connectivity index (χ2v) is 6.23. The van der Waals surface area contributed by atoms with Crippen LogP contribution < -0.4 is 5.32 Å². The fraction of sp³-hybridized carbons (Fsp3) is 0.250. The summed E-state index contributed by atoms with van der Waals surface area (Å²) in [6, 6.07) is 13.4. The molecule has 0 radical (unpaired) electrons. The number of nitrogens with one attached hydrogen (secondary N) is 1. The van der Waals surface area contributed by atoms with Gasteiger partial charge in [-0.2, -0.15) is 0 Å². The van der Waals surface area contributed by atoms with Crippen molar-refractivity contribution in [1.29, 1.82) is 0 Å². The maximum atomic E-state index is 13.2. The Labute approximate surface area is 132 Å². The molecule has 1 atom stereocenters. The smallest absolute Gasteiger partial charge is 0.124 e. The Bertz CT molecular complexity index is 588. The molecule has 0 aromatic heterocycles. The summed E-state index contributed by atoms with van der Waals surface area (Å²) >= 11 is 5.18. The predicted octanol–water partition coefficient (Wildman–Crippen LogP) is 4.81. The predicted molar refractivity (Wildman–Crippen MR) is 87.8 cm³/mol. The van der Waals surface area contributed by atoms with E-state index in [4.69, 9.17) is 0 Å². The summed E-state index contributed by atoms with van der Waals surface area (Å²) < 4.78 is 14.0. The molecule has 0 fully saturated rings. The van der Waals surface area contributed by atoms with Crippen LogP contribution in [-0.4, -0.2) is 13.3 Å². The van der Waals surface area contributed by atoms with E-state index in [1.807, 2.05) is 13.1 Å². The SMILES string of the molecule is CNC(Cc1ccc(F)cc1Br)c1ccccc1SC. The van der Waals surface area contributed by atoms with Gasteiger partial charge in [0.1, 0.15) is 5.82 Å². The number of benzene rings is 2. The van der Waals surface area contributed by atoms with Gasteiger partial charge < -0.3 is 5.32 Å². The van der Waals surface area contributed by atoms with Gasteiger partial charge in [-0.1, -0.05) is 40.2 Å². The van der Waals surface area contributed by atoms with Crippen molar-refractivity contribution in [3.8, 4) is 0 Å². The summed E-state index contributed by atoms with van der Waals surface area (Å²) in [6.45, 7) is 0. The molecule has 2 rings (SSSR count). The zero-order chi connectivity index (χ0) is 14.5. The molecule has 0 aliphatic carbocycles. The van der Waals surface area contributed by atoms with Crippen molar-refractivity contribution in [3.63, 3.8) is 0 Å². The van der Waals surface area contributed by atoms with Gasteiger partial charge in [0.05, 0.1) is 0 Å². The van der Waals surface area contributed by atoms with Crippen LogP contribution in [0.15, 0.2) is 51.8 Å². The van der Waals surface area contributed by atoms with E-state index >= 15 is 0 Å². The molecule has 0 spiro atoms. The molecule has 0 amide bonds. The highest BCUT2D eigenvalue weighted by Gasteiger charge is 2.15. The number of halogens is 2. The minimum Gasteiger partial charge on any atom is -0.313 e. The summed E-state index contributed by atoms with van der Waals surface area (Å²) in [6.07, 6.45) is 2.90. The minimum absolute atomic E-state index is 0.209. The summed E-state index contributed by atoms with van der Waals surface area (Å²) in [5.41, 5.74) is 2.38. The molecule has 106 valence electrons. The van der Waals surface area contributed by atoms with Gasteiger partial charge in [0.15, 0.2) is 0 Å². The molecule has 0 saturated heterocycles. The Morgan fingerprint density at radius 2 is 2.00 bits per heavy atom. The van der Waals surface area contributed by atoms with Gasteiger partial charge >= 0.3 is 0 Å². The number of hydrogen-bond donors (Lipinski definition) is 1. The Hall–Kier alpha value is -0.840. The first kappa shape index (κ1) is 15.5. The first-order valence-electron chi connectivity index (χ1n) is 6.39. The van der Waals surface area contributed by atoms with Gasteiger partial charge in [-0.05, 0) is 49.1 Å². The van der Waals surface area contributed by atoms with Crippen molar-refractivity contribution in [2.75, 3.05) is 13.3 Å². The lowest BCUT2D eigenvalue weighted by Gasteiger charge is -2.20. The zero-order valence-electron chi connectivity index (χ0n) is 11.5. The molecule has 2 aromatic rings. The van der Waals surface area contributed by atoms with E-state index in [0.29, 0.717) is 0 Å². The molecule has 1 unspecified atom stereocenters. The van der Waals surface area contributed by atoms with Crippen LogP contribution in [0.2, 0.25) is 0 Å². The average molecular weight is 354 g/mol. The van der Waals surface area contributed by atoms with E-state index in [1.165, 1.54) is 22.6 Å². The summed E-state index contributed by atoms with van der Waals surface area (Å²) in [5.74, 6) is -0.217. The highest BCUT2D eigenvalue weighted by atomic mass is 79.9. The molecular formula is C16H17BrFNS. The second kappa shape index (κ2) is 7.25. The highest BCUT2D eigenvalue weighted by Crippen LogP contribution is 2.30. The molecular weight excluding hydrogens is 337 g/mol. The van der Waals surface area contributed by atoms with Crippen molar-refractivity contribution in [3.05, 3.63) is 63.9 Å². The fourth-order valence-corrected chi connectivity index (χ4v) is 3.40. The van der Waals surface area contributed by atoms with Crippen LogP contribution in [0.1, 0.15) is 17.2 Å². The maximum Gasteiger partial charge on any atom is 0.124 e. The third-order valence-corrected chi connectivity index (χ3v) is 4.85. The lowest BCUT2D eigenvalue weighted by Crippen LogP contribution is -2.19.